The minimum Gasteiger partial charge on any atom is -0.492 e. The molecule has 160 valence electrons. The van der Waals surface area contributed by atoms with Crippen LogP contribution in [0.1, 0.15) is 10.4 Å². The Bertz CT molecular complexity index is 1070. The second-order valence-electron chi connectivity index (χ2n) is 6.99. The molecule has 0 atom stereocenters. The number of hydrogen-bond donors (Lipinski definition) is 1. The number of benzene rings is 3. The molecule has 0 heterocycles. The average Bonchev–Trinajstić information content (AvgIpc) is 2.77. The maximum absolute atomic E-state index is 12.2. The summed E-state index contributed by atoms with van der Waals surface area (Å²) in [4.78, 5) is 24.6. The van der Waals surface area contributed by atoms with Crippen molar-refractivity contribution in [3.05, 3.63) is 87.4 Å². The first-order valence-corrected chi connectivity index (χ1v) is 9.95. The molecule has 0 aromatic heterocycles. The number of anilines is 1. The standard InChI is InChI=1S/C23H22ClN3O4/c1-26(2)18-7-3-16(4-8-18)17-5-10-20(11-6-17)31-14-13-25-23(28)21-15-19(27(29)30)9-12-22(21)24/h3-12,15H,13-14H2,1-2H3,(H,25,28). The first-order chi connectivity index (χ1) is 14.8. The van der Waals surface area contributed by atoms with Crippen molar-refractivity contribution < 1.29 is 14.5 Å². The SMILES string of the molecule is CN(C)c1ccc(-c2ccc(OCCNC(=O)c3cc([N+](=O)[O-])ccc3Cl)cc2)cc1. The van der Waals surface area contributed by atoms with E-state index in [2.05, 4.69) is 29.6 Å². The summed E-state index contributed by atoms with van der Waals surface area (Å²) in [6, 6.07) is 19.7. The molecule has 31 heavy (non-hydrogen) atoms. The van der Waals surface area contributed by atoms with Crippen LogP contribution >= 0.6 is 11.6 Å². The van der Waals surface area contributed by atoms with E-state index >= 15 is 0 Å². The third-order valence-electron chi connectivity index (χ3n) is 4.63. The van der Waals surface area contributed by atoms with E-state index in [1.165, 1.54) is 12.1 Å². The first-order valence-electron chi connectivity index (χ1n) is 9.58. The molecule has 0 unspecified atom stereocenters. The largest absolute Gasteiger partial charge is 0.492 e. The Morgan fingerprint density at radius 3 is 2.23 bits per heavy atom. The number of amides is 1. The van der Waals surface area contributed by atoms with Crippen molar-refractivity contribution >= 4 is 28.9 Å². The predicted molar refractivity (Wildman–Crippen MR) is 122 cm³/mol. The van der Waals surface area contributed by atoms with Crippen molar-refractivity contribution in [2.75, 3.05) is 32.1 Å². The van der Waals surface area contributed by atoms with Crippen LogP contribution in [0, 0.1) is 10.1 Å². The van der Waals surface area contributed by atoms with Gasteiger partial charge in [0, 0.05) is 31.9 Å². The molecule has 0 bridgehead atoms. The molecule has 7 nitrogen and oxygen atoms in total. The van der Waals surface area contributed by atoms with E-state index in [0.29, 0.717) is 5.75 Å². The Morgan fingerprint density at radius 2 is 1.65 bits per heavy atom. The molecule has 8 heteroatoms. The molecule has 0 radical (unpaired) electrons. The topological polar surface area (TPSA) is 84.7 Å². The van der Waals surface area contributed by atoms with E-state index in [4.69, 9.17) is 16.3 Å². The summed E-state index contributed by atoms with van der Waals surface area (Å²) in [5, 5.41) is 13.7. The third-order valence-corrected chi connectivity index (χ3v) is 4.96. The van der Waals surface area contributed by atoms with Gasteiger partial charge in [-0.05, 0) is 41.5 Å². The molecule has 0 saturated heterocycles. The summed E-state index contributed by atoms with van der Waals surface area (Å²) in [5.41, 5.74) is 3.18. The Hall–Kier alpha value is -3.58. The molecule has 1 N–H and O–H groups in total. The molecule has 3 rings (SSSR count). The van der Waals surface area contributed by atoms with Gasteiger partial charge in [0.1, 0.15) is 12.4 Å². The fraction of sp³-hybridized carbons (Fsp3) is 0.174. The van der Waals surface area contributed by atoms with Crippen LogP contribution in [0.4, 0.5) is 11.4 Å². The zero-order valence-corrected chi connectivity index (χ0v) is 17.9. The van der Waals surface area contributed by atoms with Crippen LogP contribution < -0.4 is 15.0 Å². The van der Waals surface area contributed by atoms with Crippen molar-refractivity contribution in [1.29, 1.82) is 0 Å². The molecule has 0 spiro atoms. The fourth-order valence-electron chi connectivity index (χ4n) is 2.93. The minimum absolute atomic E-state index is 0.0560. The fourth-order valence-corrected chi connectivity index (χ4v) is 3.13. The normalized spacial score (nSPS) is 10.4. The second kappa shape index (κ2) is 9.95. The van der Waals surface area contributed by atoms with Gasteiger partial charge >= 0.3 is 0 Å². The van der Waals surface area contributed by atoms with E-state index in [1.54, 1.807) is 0 Å². The lowest BCUT2D eigenvalue weighted by molar-refractivity contribution is -0.384. The van der Waals surface area contributed by atoms with E-state index < -0.39 is 10.8 Å². The highest BCUT2D eigenvalue weighted by Gasteiger charge is 2.15. The Balaban J connectivity index is 1.51. The summed E-state index contributed by atoms with van der Waals surface area (Å²) in [6.07, 6.45) is 0. The monoisotopic (exact) mass is 439 g/mol. The molecular weight excluding hydrogens is 418 g/mol. The Kier molecular flexibility index (Phi) is 7.10. The van der Waals surface area contributed by atoms with E-state index in [1.807, 2.05) is 43.3 Å². The minimum atomic E-state index is -0.573. The highest BCUT2D eigenvalue weighted by Crippen LogP contribution is 2.25. The number of carbonyl (C=O) groups is 1. The van der Waals surface area contributed by atoms with E-state index in [-0.39, 0.29) is 29.4 Å². The number of halogens is 1. The molecule has 0 aliphatic carbocycles. The van der Waals surface area contributed by atoms with Crippen LogP contribution in [0.25, 0.3) is 11.1 Å². The first kappa shape index (κ1) is 22.1. The summed E-state index contributed by atoms with van der Waals surface area (Å²) in [6.45, 7) is 0.473. The predicted octanol–water partition coefficient (Wildman–Crippen LogP) is 4.79. The Morgan fingerprint density at radius 1 is 1.03 bits per heavy atom. The van der Waals surface area contributed by atoms with Crippen molar-refractivity contribution in [2.24, 2.45) is 0 Å². The molecule has 3 aromatic rings. The Labute approximate surface area is 185 Å². The molecule has 0 fully saturated rings. The third kappa shape index (κ3) is 5.73. The highest BCUT2D eigenvalue weighted by molar-refractivity contribution is 6.33. The number of ether oxygens (including phenoxy) is 1. The van der Waals surface area contributed by atoms with E-state index in [0.717, 1.165) is 22.9 Å². The maximum Gasteiger partial charge on any atom is 0.270 e. The smallest absolute Gasteiger partial charge is 0.270 e. The van der Waals surface area contributed by atoms with Crippen LogP contribution in [0.5, 0.6) is 5.75 Å². The van der Waals surface area contributed by atoms with Gasteiger partial charge in [0.05, 0.1) is 22.1 Å². The van der Waals surface area contributed by atoms with Gasteiger partial charge in [-0.2, -0.15) is 0 Å². The number of non-ortho nitro benzene ring substituents is 1. The van der Waals surface area contributed by atoms with Crippen molar-refractivity contribution in [1.82, 2.24) is 5.32 Å². The molecule has 1 amide bonds. The zero-order chi connectivity index (χ0) is 22.4. The van der Waals surface area contributed by atoms with Crippen LogP contribution in [0.2, 0.25) is 5.02 Å². The highest BCUT2D eigenvalue weighted by atomic mass is 35.5. The lowest BCUT2D eigenvalue weighted by atomic mass is 10.1. The quantitative estimate of drug-likeness (QED) is 0.310. The van der Waals surface area contributed by atoms with Gasteiger partial charge in [-0.1, -0.05) is 35.9 Å². The average molecular weight is 440 g/mol. The molecule has 0 aliphatic rings. The zero-order valence-electron chi connectivity index (χ0n) is 17.2. The van der Waals surface area contributed by atoms with Crippen molar-refractivity contribution in [3.8, 4) is 16.9 Å². The van der Waals surface area contributed by atoms with Crippen LogP contribution in [-0.2, 0) is 0 Å². The number of rotatable bonds is 8. The number of nitro groups is 1. The summed E-state index contributed by atoms with van der Waals surface area (Å²) >= 11 is 5.98. The number of nitro benzene ring substituents is 1. The number of hydrogen-bond acceptors (Lipinski definition) is 5. The molecule has 0 aliphatic heterocycles. The van der Waals surface area contributed by atoms with Crippen molar-refractivity contribution in [3.63, 3.8) is 0 Å². The van der Waals surface area contributed by atoms with Crippen LogP contribution in [0.3, 0.4) is 0 Å². The van der Waals surface area contributed by atoms with Gasteiger partial charge < -0.3 is 15.0 Å². The molecular formula is C23H22ClN3O4. The van der Waals surface area contributed by atoms with Gasteiger partial charge in [0.25, 0.3) is 11.6 Å². The van der Waals surface area contributed by atoms with Gasteiger partial charge in [-0.3, -0.25) is 14.9 Å². The van der Waals surface area contributed by atoms with E-state index in [9.17, 15) is 14.9 Å². The van der Waals surface area contributed by atoms with Gasteiger partial charge in [0.15, 0.2) is 0 Å². The summed E-state index contributed by atoms with van der Waals surface area (Å²) in [5.74, 6) is 0.185. The second-order valence-corrected chi connectivity index (χ2v) is 7.40. The van der Waals surface area contributed by atoms with Crippen molar-refractivity contribution in [2.45, 2.75) is 0 Å². The molecule has 3 aromatic carbocycles. The van der Waals surface area contributed by atoms with Crippen LogP contribution in [0.15, 0.2) is 66.7 Å². The number of carbonyl (C=O) groups excluding carboxylic acids is 1. The summed E-state index contributed by atoms with van der Waals surface area (Å²) in [7, 11) is 4.00. The van der Waals surface area contributed by atoms with Gasteiger partial charge in [-0.15, -0.1) is 0 Å². The number of nitrogens with one attached hydrogen (secondary N) is 1. The number of nitrogens with zero attached hydrogens (tertiary/aromatic N) is 2. The lowest BCUT2D eigenvalue weighted by Crippen LogP contribution is -2.28. The maximum atomic E-state index is 12.2. The van der Waals surface area contributed by atoms with Gasteiger partial charge in [-0.25, -0.2) is 0 Å². The van der Waals surface area contributed by atoms with Gasteiger partial charge in [0.2, 0.25) is 0 Å². The summed E-state index contributed by atoms with van der Waals surface area (Å²) < 4.78 is 5.66. The van der Waals surface area contributed by atoms with Crippen LogP contribution in [-0.4, -0.2) is 38.1 Å². The lowest BCUT2D eigenvalue weighted by Gasteiger charge is -2.13. The molecule has 0 saturated carbocycles.